The second kappa shape index (κ2) is 4.68. The minimum absolute atomic E-state index is 0.0973. The van der Waals surface area contributed by atoms with E-state index in [4.69, 9.17) is 0 Å². The molecular formula is C14H17FN4O2. The molecule has 6 nitrogen and oxygen atoms in total. The molecule has 1 fully saturated rings. The molecule has 21 heavy (non-hydrogen) atoms. The van der Waals surface area contributed by atoms with Gasteiger partial charge in [-0.2, -0.15) is 9.61 Å². The van der Waals surface area contributed by atoms with Gasteiger partial charge in [-0.25, -0.2) is 0 Å². The van der Waals surface area contributed by atoms with E-state index in [2.05, 4.69) is 5.10 Å². The molecule has 0 aromatic carbocycles. The lowest BCUT2D eigenvalue weighted by molar-refractivity contribution is 0.0140. The van der Waals surface area contributed by atoms with Gasteiger partial charge in [0.25, 0.3) is 11.5 Å². The number of aromatic nitrogens is 3. The van der Waals surface area contributed by atoms with Gasteiger partial charge in [-0.05, 0) is 13.8 Å². The van der Waals surface area contributed by atoms with E-state index < -0.39 is 6.67 Å². The summed E-state index contributed by atoms with van der Waals surface area (Å²) in [4.78, 5) is 26.2. The summed E-state index contributed by atoms with van der Waals surface area (Å²) in [7, 11) is 1.76. The van der Waals surface area contributed by atoms with E-state index in [0.29, 0.717) is 23.4 Å². The van der Waals surface area contributed by atoms with Crippen LogP contribution in [0.5, 0.6) is 0 Å². The average molecular weight is 292 g/mol. The molecular weight excluding hydrogens is 275 g/mol. The lowest BCUT2D eigenvalue weighted by Crippen LogP contribution is -2.58. The van der Waals surface area contributed by atoms with Gasteiger partial charge in [-0.15, -0.1) is 0 Å². The van der Waals surface area contributed by atoms with E-state index in [9.17, 15) is 14.0 Å². The number of nitrogens with zero attached hydrogens (tertiary/aromatic N) is 4. The van der Waals surface area contributed by atoms with Crippen LogP contribution in [-0.4, -0.2) is 44.2 Å². The summed E-state index contributed by atoms with van der Waals surface area (Å²) in [6.07, 6.45) is 1.61. The lowest BCUT2D eigenvalue weighted by atomic mass is 9.90. The monoisotopic (exact) mass is 292 g/mol. The largest absolute Gasteiger partial charge is 0.335 e. The third kappa shape index (κ3) is 1.87. The molecule has 2 unspecified atom stereocenters. The second-order valence-corrected chi connectivity index (χ2v) is 5.57. The molecule has 3 rings (SSSR count). The molecule has 1 amide bonds. The van der Waals surface area contributed by atoms with Crippen LogP contribution in [0.1, 0.15) is 23.0 Å². The van der Waals surface area contributed by atoms with Gasteiger partial charge in [0.2, 0.25) is 0 Å². The number of alkyl halides is 1. The van der Waals surface area contributed by atoms with Crippen molar-refractivity contribution >= 4 is 11.6 Å². The zero-order valence-electron chi connectivity index (χ0n) is 12.2. The Morgan fingerprint density at radius 3 is 2.86 bits per heavy atom. The topological polar surface area (TPSA) is 59.6 Å². The fraction of sp³-hybridized carbons (Fsp3) is 0.500. The van der Waals surface area contributed by atoms with Gasteiger partial charge in [0, 0.05) is 37.8 Å². The second-order valence-electron chi connectivity index (χ2n) is 5.57. The van der Waals surface area contributed by atoms with E-state index in [-0.39, 0.29) is 23.4 Å². The number of fused-ring (bicyclic) bond motifs is 1. The van der Waals surface area contributed by atoms with Crippen LogP contribution < -0.4 is 5.56 Å². The highest BCUT2D eigenvalue weighted by Crippen LogP contribution is 2.28. The van der Waals surface area contributed by atoms with Gasteiger partial charge < -0.3 is 9.47 Å². The van der Waals surface area contributed by atoms with Gasteiger partial charge in [0.1, 0.15) is 5.56 Å². The zero-order chi connectivity index (χ0) is 15.3. The molecule has 0 N–H and O–H groups in total. The predicted octanol–water partition coefficient (Wildman–Crippen LogP) is 0.771. The molecule has 2 aromatic rings. The Bertz CT molecular complexity index is 779. The maximum atomic E-state index is 12.7. The fourth-order valence-corrected chi connectivity index (χ4v) is 2.84. The van der Waals surface area contributed by atoms with Crippen molar-refractivity contribution in [3.05, 3.63) is 33.9 Å². The summed E-state index contributed by atoms with van der Waals surface area (Å²) in [5.41, 5.74) is 1.12. The minimum atomic E-state index is -0.419. The van der Waals surface area contributed by atoms with Crippen molar-refractivity contribution < 1.29 is 9.18 Å². The van der Waals surface area contributed by atoms with Crippen LogP contribution in [0.25, 0.3) is 5.65 Å². The molecule has 1 saturated heterocycles. The smallest absolute Gasteiger partial charge is 0.274 e. The summed E-state index contributed by atoms with van der Waals surface area (Å²) in [6, 6.07) is 1.27. The van der Waals surface area contributed by atoms with Crippen molar-refractivity contribution in [1.82, 2.24) is 19.1 Å². The molecule has 2 aromatic heterocycles. The highest BCUT2D eigenvalue weighted by molar-refractivity contribution is 6.01. The summed E-state index contributed by atoms with van der Waals surface area (Å²) in [6.45, 7) is 3.54. The molecule has 1 aliphatic rings. The quantitative estimate of drug-likeness (QED) is 0.821. The average Bonchev–Trinajstić information content (AvgIpc) is 2.80. The van der Waals surface area contributed by atoms with Gasteiger partial charge in [-0.1, -0.05) is 0 Å². The number of amides is 1. The predicted molar refractivity (Wildman–Crippen MR) is 75.1 cm³/mol. The number of halogens is 1. The minimum Gasteiger partial charge on any atom is -0.335 e. The third-order valence-corrected chi connectivity index (χ3v) is 4.30. The van der Waals surface area contributed by atoms with Crippen molar-refractivity contribution in [2.45, 2.75) is 19.9 Å². The molecule has 7 heteroatoms. The van der Waals surface area contributed by atoms with Gasteiger partial charge in [0.15, 0.2) is 5.65 Å². The lowest BCUT2D eigenvalue weighted by Gasteiger charge is -2.45. The van der Waals surface area contributed by atoms with E-state index in [1.54, 1.807) is 29.6 Å². The Morgan fingerprint density at radius 2 is 2.24 bits per heavy atom. The van der Waals surface area contributed by atoms with E-state index in [0.717, 1.165) is 0 Å². The maximum Gasteiger partial charge on any atom is 0.274 e. The zero-order valence-corrected chi connectivity index (χ0v) is 12.2. The first-order chi connectivity index (χ1) is 9.95. The Balaban J connectivity index is 2.09. The number of rotatable bonds is 2. The van der Waals surface area contributed by atoms with Crippen molar-refractivity contribution in [2.24, 2.45) is 13.0 Å². The molecule has 0 aliphatic carbocycles. The SMILES string of the molecule is Cc1nn2c(=O)ccn(C)c2c1C(=O)N1CC(CF)C1C. The Hall–Kier alpha value is -2.18. The first-order valence-corrected chi connectivity index (χ1v) is 6.87. The number of carbonyl (C=O) groups excluding carboxylic acids is 1. The molecule has 0 bridgehead atoms. The third-order valence-electron chi connectivity index (χ3n) is 4.30. The number of hydrogen-bond donors (Lipinski definition) is 0. The fourth-order valence-electron chi connectivity index (χ4n) is 2.84. The van der Waals surface area contributed by atoms with Crippen LogP contribution in [0.4, 0.5) is 4.39 Å². The molecule has 2 atom stereocenters. The van der Waals surface area contributed by atoms with Crippen molar-refractivity contribution in [1.29, 1.82) is 0 Å². The van der Waals surface area contributed by atoms with Crippen LogP contribution in [-0.2, 0) is 7.05 Å². The summed E-state index contributed by atoms with van der Waals surface area (Å²) in [5.74, 6) is -0.291. The van der Waals surface area contributed by atoms with E-state index in [1.807, 2.05) is 6.92 Å². The number of carbonyl (C=O) groups is 1. The highest BCUT2D eigenvalue weighted by Gasteiger charge is 2.40. The molecule has 112 valence electrons. The number of likely N-dealkylation sites (tertiary alicyclic amines) is 1. The van der Waals surface area contributed by atoms with Gasteiger partial charge in [0.05, 0.1) is 12.4 Å². The van der Waals surface area contributed by atoms with Crippen molar-refractivity contribution in [2.75, 3.05) is 13.2 Å². The molecule has 3 heterocycles. The van der Waals surface area contributed by atoms with Gasteiger partial charge in [-0.3, -0.25) is 14.0 Å². The summed E-state index contributed by atoms with van der Waals surface area (Å²) in [5, 5.41) is 4.16. The van der Waals surface area contributed by atoms with Crippen LogP contribution in [0, 0.1) is 12.8 Å². The van der Waals surface area contributed by atoms with Crippen LogP contribution >= 0.6 is 0 Å². The van der Waals surface area contributed by atoms with E-state index >= 15 is 0 Å². The standard InChI is InChI=1S/C14H17FN4O2/c1-8-12(14(21)18-7-10(6-15)9(18)2)13-17(3)5-4-11(20)19(13)16-8/h4-5,9-10H,6-7H2,1-3H3. The Kier molecular flexibility index (Phi) is 3.07. The summed E-state index contributed by atoms with van der Waals surface area (Å²) >= 11 is 0. The molecule has 1 aliphatic heterocycles. The first kappa shape index (κ1) is 13.8. The number of hydrogen-bond acceptors (Lipinski definition) is 3. The maximum absolute atomic E-state index is 12.7. The molecule has 0 spiro atoms. The summed E-state index contributed by atoms with van der Waals surface area (Å²) < 4.78 is 15.7. The van der Waals surface area contributed by atoms with E-state index in [1.165, 1.54) is 10.6 Å². The Morgan fingerprint density at radius 1 is 1.52 bits per heavy atom. The normalized spacial score (nSPS) is 21.6. The van der Waals surface area contributed by atoms with Crippen molar-refractivity contribution in [3.8, 4) is 0 Å². The van der Waals surface area contributed by atoms with Crippen LogP contribution in [0.15, 0.2) is 17.1 Å². The Labute approximate surface area is 120 Å². The molecule has 0 saturated carbocycles. The van der Waals surface area contributed by atoms with Gasteiger partial charge >= 0.3 is 0 Å². The van der Waals surface area contributed by atoms with Crippen molar-refractivity contribution in [3.63, 3.8) is 0 Å². The number of aryl methyl sites for hydroxylation is 2. The highest BCUT2D eigenvalue weighted by atomic mass is 19.1. The van der Waals surface area contributed by atoms with Crippen LogP contribution in [0.3, 0.4) is 0 Å². The van der Waals surface area contributed by atoms with Crippen LogP contribution in [0.2, 0.25) is 0 Å². The first-order valence-electron chi connectivity index (χ1n) is 6.87. The molecule has 0 radical (unpaired) electrons.